The third-order valence-corrected chi connectivity index (χ3v) is 5.62. The number of hydrogen-bond acceptors (Lipinski definition) is 2. The minimum Gasteiger partial charge on any atom is -0.391 e. The summed E-state index contributed by atoms with van der Waals surface area (Å²) in [5.74, 6) is 0. The third-order valence-electron chi connectivity index (χ3n) is 5.19. The van der Waals surface area contributed by atoms with Crippen LogP contribution in [0.15, 0.2) is 53.4 Å². The van der Waals surface area contributed by atoms with E-state index in [2.05, 4.69) is 30.5 Å². The number of aliphatic hydroxyl groups excluding tert-OH is 1. The van der Waals surface area contributed by atoms with Crippen LogP contribution in [0, 0.1) is 0 Å². The van der Waals surface area contributed by atoms with Crippen LogP contribution in [0.2, 0.25) is 0 Å². The van der Waals surface area contributed by atoms with Crippen LogP contribution >= 0.6 is 12.1 Å². The van der Waals surface area contributed by atoms with Crippen LogP contribution in [-0.2, 0) is 25.8 Å². The van der Waals surface area contributed by atoms with Gasteiger partial charge in [-0.1, -0.05) is 50.6 Å². The molecule has 0 aliphatic carbocycles. The second-order valence-corrected chi connectivity index (χ2v) is 7.70. The molecule has 1 N–H and O–H groups in total. The molecule has 27 heavy (non-hydrogen) atoms. The Bertz CT molecular complexity index is 875. The van der Waals surface area contributed by atoms with E-state index in [1.807, 2.05) is 36.4 Å². The lowest BCUT2D eigenvalue weighted by Crippen LogP contribution is -2.18. The summed E-state index contributed by atoms with van der Waals surface area (Å²) in [5, 5.41) is 11.8. The van der Waals surface area contributed by atoms with Crippen LogP contribution < -0.4 is 0 Å². The molecular weight excluding hydrogens is 357 g/mol. The van der Waals surface area contributed by atoms with E-state index < -0.39 is 6.10 Å². The van der Waals surface area contributed by atoms with Crippen molar-refractivity contribution in [2.45, 2.75) is 63.5 Å². The highest BCUT2D eigenvalue weighted by Gasteiger charge is 2.18. The van der Waals surface area contributed by atoms with E-state index in [1.165, 1.54) is 16.8 Å². The Morgan fingerprint density at radius 2 is 1.85 bits per heavy atom. The fourth-order valence-corrected chi connectivity index (χ4v) is 4.19. The Kier molecular flexibility index (Phi) is 6.97. The molecule has 1 aromatic heterocycles. The Hall–Kier alpha value is -1.78. The first-order chi connectivity index (χ1) is 13.2. The molecule has 0 radical (unpaired) electrons. The van der Waals surface area contributed by atoms with Crippen LogP contribution in [0.25, 0.3) is 10.9 Å². The van der Waals surface area contributed by atoms with Crippen LogP contribution in [0.1, 0.15) is 43.5 Å². The first-order valence-electron chi connectivity index (χ1n) is 9.82. The highest BCUT2D eigenvalue weighted by atomic mass is 32.2. The van der Waals surface area contributed by atoms with E-state index in [-0.39, 0.29) is 0 Å². The lowest BCUT2D eigenvalue weighted by atomic mass is 10.1. The summed E-state index contributed by atoms with van der Waals surface area (Å²) in [6.45, 7) is 4.91. The average Bonchev–Trinajstić information content (AvgIpc) is 2.99. The summed E-state index contributed by atoms with van der Waals surface area (Å²) < 4.78 is 15.3. The van der Waals surface area contributed by atoms with Crippen LogP contribution in [0.4, 0.5) is 3.89 Å². The van der Waals surface area contributed by atoms with Crippen molar-refractivity contribution in [1.82, 2.24) is 4.57 Å². The largest absolute Gasteiger partial charge is 0.391 e. The van der Waals surface area contributed by atoms with Gasteiger partial charge in [0.25, 0.3) is 0 Å². The molecule has 3 rings (SSSR count). The average molecular weight is 386 g/mol. The Morgan fingerprint density at radius 3 is 2.52 bits per heavy atom. The molecule has 1 unspecified atom stereocenters. The number of aromatic nitrogens is 1. The summed E-state index contributed by atoms with van der Waals surface area (Å²) in [6, 6.07) is 16.1. The topological polar surface area (TPSA) is 25.2 Å². The van der Waals surface area contributed by atoms with Gasteiger partial charge in [-0.2, -0.15) is 3.89 Å². The first kappa shape index (κ1) is 20.0. The monoisotopic (exact) mass is 385 g/mol. The van der Waals surface area contributed by atoms with Gasteiger partial charge in [0.1, 0.15) is 0 Å². The summed E-state index contributed by atoms with van der Waals surface area (Å²) in [6.07, 6.45) is 4.13. The zero-order chi connectivity index (χ0) is 19.2. The van der Waals surface area contributed by atoms with Gasteiger partial charge >= 0.3 is 0 Å². The molecule has 0 aliphatic heterocycles. The maximum atomic E-state index is 13.1. The van der Waals surface area contributed by atoms with E-state index in [9.17, 15) is 8.99 Å². The Balaban J connectivity index is 1.88. The number of fused-ring (bicyclic) bond motifs is 1. The van der Waals surface area contributed by atoms with E-state index in [0.29, 0.717) is 23.6 Å². The zero-order valence-corrected chi connectivity index (χ0v) is 16.9. The number of halogens is 1. The molecule has 0 saturated carbocycles. The van der Waals surface area contributed by atoms with Crippen molar-refractivity contribution >= 4 is 23.1 Å². The molecule has 0 saturated heterocycles. The quantitative estimate of drug-likeness (QED) is 0.479. The van der Waals surface area contributed by atoms with E-state index >= 15 is 0 Å². The van der Waals surface area contributed by atoms with Crippen molar-refractivity contribution in [1.29, 1.82) is 0 Å². The zero-order valence-electron chi connectivity index (χ0n) is 16.1. The molecule has 2 aromatic carbocycles. The second kappa shape index (κ2) is 9.43. The van der Waals surface area contributed by atoms with Crippen LogP contribution in [-0.4, -0.2) is 15.8 Å². The third kappa shape index (κ3) is 4.56. The summed E-state index contributed by atoms with van der Waals surface area (Å²) >= 11 is 0.292. The first-order valence-corrected chi connectivity index (χ1v) is 10.5. The number of benzene rings is 2. The van der Waals surface area contributed by atoms with Gasteiger partial charge in [-0.05, 0) is 55.0 Å². The standard InChI is InChI=1S/C23H28FNOS/c1-3-8-22-20(4-2)21-15-19(27-24)13-14-23(21)25(22)16-18(26)12-11-17-9-6-5-7-10-17/h5-7,9-10,13-15,18,26H,3-4,8,11-12,16H2,1-2H3. The number of aryl methyl sites for hydroxylation is 2. The molecule has 1 atom stereocenters. The fourth-order valence-electron chi connectivity index (χ4n) is 3.91. The van der Waals surface area contributed by atoms with Gasteiger partial charge in [-0.25, -0.2) is 0 Å². The van der Waals surface area contributed by atoms with Crippen molar-refractivity contribution in [2.75, 3.05) is 0 Å². The maximum Gasteiger partial charge on any atom is 0.0812 e. The van der Waals surface area contributed by atoms with Gasteiger partial charge in [0.05, 0.1) is 18.3 Å². The lowest BCUT2D eigenvalue weighted by molar-refractivity contribution is 0.145. The van der Waals surface area contributed by atoms with Crippen LogP contribution in [0.3, 0.4) is 0 Å². The lowest BCUT2D eigenvalue weighted by Gasteiger charge is -2.16. The highest BCUT2D eigenvalue weighted by molar-refractivity contribution is 7.94. The second-order valence-electron chi connectivity index (χ2n) is 7.07. The summed E-state index contributed by atoms with van der Waals surface area (Å²) in [7, 11) is 0. The molecule has 3 aromatic rings. The number of rotatable bonds is 9. The Labute approximate surface area is 165 Å². The van der Waals surface area contributed by atoms with Crippen molar-refractivity contribution in [3.8, 4) is 0 Å². The van der Waals surface area contributed by atoms with E-state index in [4.69, 9.17) is 0 Å². The smallest absolute Gasteiger partial charge is 0.0812 e. The molecule has 144 valence electrons. The van der Waals surface area contributed by atoms with Gasteiger partial charge in [0.15, 0.2) is 0 Å². The highest BCUT2D eigenvalue weighted by Crippen LogP contribution is 2.32. The molecule has 2 nitrogen and oxygen atoms in total. The molecule has 0 spiro atoms. The minimum absolute atomic E-state index is 0.292. The predicted molar refractivity (Wildman–Crippen MR) is 113 cm³/mol. The van der Waals surface area contributed by atoms with Crippen LogP contribution in [0.5, 0.6) is 0 Å². The van der Waals surface area contributed by atoms with Crippen molar-refractivity contribution in [3.63, 3.8) is 0 Å². The van der Waals surface area contributed by atoms with Gasteiger partial charge in [0, 0.05) is 28.0 Å². The van der Waals surface area contributed by atoms with Gasteiger partial charge in [0.2, 0.25) is 0 Å². The Morgan fingerprint density at radius 1 is 1.07 bits per heavy atom. The predicted octanol–water partition coefficient (Wildman–Crippen LogP) is 6.13. The minimum atomic E-state index is -0.406. The number of nitrogens with zero attached hydrogens (tertiary/aromatic N) is 1. The van der Waals surface area contributed by atoms with Crippen molar-refractivity contribution < 1.29 is 8.99 Å². The van der Waals surface area contributed by atoms with Crippen molar-refractivity contribution in [3.05, 3.63) is 65.4 Å². The number of aliphatic hydroxyl groups is 1. The fraction of sp³-hybridized carbons (Fsp3) is 0.391. The summed E-state index contributed by atoms with van der Waals surface area (Å²) in [4.78, 5) is 0.641. The van der Waals surface area contributed by atoms with Gasteiger partial charge < -0.3 is 9.67 Å². The molecule has 0 fully saturated rings. The van der Waals surface area contributed by atoms with Gasteiger partial charge in [-0.3, -0.25) is 0 Å². The molecule has 4 heteroatoms. The SMILES string of the molecule is CCCc1c(CC)c2cc(SF)ccc2n1CC(O)CCc1ccccc1. The molecular formula is C23H28FNOS. The van der Waals surface area contributed by atoms with E-state index in [0.717, 1.165) is 43.0 Å². The molecule has 0 bridgehead atoms. The molecule has 0 amide bonds. The summed E-state index contributed by atoms with van der Waals surface area (Å²) in [5.41, 5.74) is 4.93. The molecule has 0 aliphatic rings. The van der Waals surface area contributed by atoms with Gasteiger partial charge in [-0.15, -0.1) is 0 Å². The number of hydrogen-bond donors (Lipinski definition) is 1. The van der Waals surface area contributed by atoms with E-state index in [1.54, 1.807) is 0 Å². The molecule has 1 heterocycles. The normalized spacial score (nSPS) is 12.6. The van der Waals surface area contributed by atoms with Crippen molar-refractivity contribution in [2.24, 2.45) is 0 Å². The maximum absolute atomic E-state index is 13.1.